The highest BCUT2D eigenvalue weighted by Crippen LogP contribution is 2.13. The van der Waals surface area contributed by atoms with E-state index in [0.717, 1.165) is 30.0 Å². The first-order valence-electron chi connectivity index (χ1n) is 9.98. The van der Waals surface area contributed by atoms with Crippen molar-refractivity contribution in [2.45, 2.75) is 43.8 Å². The number of fused-ring (bicyclic) bond motifs is 2. The van der Waals surface area contributed by atoms with Gasteiger partial charge in [0, 0.05) is 19.2 Å². The van der Waals surface area contributed by atoms with Crippen LogP contribution < -0.4 is 15.4 Å². The van der Waals surface area contributed by atoms with Crippen LogP contribution in [0.3, 0.4) is 0 Å². The maximum Gasteiger partial charge on any atom is 0.289 e. The van der Waals surface area contributed by atoms with Crippen molar-refractivity contribution in [3.05, 3.63) is 48.3 Å². The second-order valence-corrected chi connectivity index (χ2v) is 9.50. The van der Waals surface area contributed by atoms with Crippen molar-refractivity contribution in [1.82, 2.24) is 24.9 Å². The van der Waals surface area contributed by atoms with E-state index in [1.807, 2.05) is 0 Å². The van der Waals surface area contributed by atoms with Crippen molar-refractivity contribution in [3.63, 3.8) is 0 Å². The number of carbonyl (C=O) groups excluding carboxylic acids is 3. The number of carbonyl (C=O) groups is 3. The van der Waals surface area contributed by atoms with Gasteiger partial charge in [-0.15, -0.1) is 0 Å². The van der Waals surface area contributed by atoms with Crippen LogP contribution >= 0.6 is 0 Å². The predicted octanol–water partition coefficient (Wildman–Crippen LogP) is -0.248. The third-order valence-electron chi connectivity index (χ3n) is 4.96. The summed E-state index contributed by atoms with van der Waals surface area (Å²) in [4.78, 5) is 41.7. The summed E-state index contributed by atoms with van der Waals surface area (Å²) in [5.41, 5.74) is 0.719. The Morgan fingerprint density at radius 1 is 1.25 bits per heavy atom. The van der Waals surface area contributed by atoms with Gasteiger partial charge in [0.05, 0.1) is 23.5 Å². The Balaban J connectivity index is 1.81. The summed E-state index contributed by atoms with van der Waals surface area (Å²) in [6, 6.07) is 1.69. The number of nitrogens with one attached hydrogen (secondary N) is 3. The van der Waals surface area contributed by atoms with E-state index in [0.29, 0.717) is 6.42 Å². The maximum atomic E-state index is 13.1. The molecule has 12 heteroatoms. The van der Waals surface area contributed by atoms with E-state index in [1.54, 1.807) is 24.6 Å². The van der Waals surface area contributed by atoms with Gasteiger partial charge in [-0.05, 0) is 30.2 Å². The van der Waals surface area contributed by atoms with Crippen LogP contribution in [-0.4, -0.2) is 54.2 Å². The van der Waals surface area contributed by atoms with E-state index >= 15 is 0 Å². The van der Waals surface area contributed by atoms with E-state index in [2.05, 4.69) is 20.3 Å². The topological polar surface area (TPSA) is 139 Å². The second kappa shape index (κ2) is 9.57. The number of nitrogens with zero attached hydrogens (tertiary/aromatic N) is 2. The molecule has 2 heterocycles. The summed E-state index contributed by atoms with van der Waals surface area (Å²) in [7, 11) is -4.15. The predicted molar refractivity (Wildman–Crippen MR) is 111 cm³/mol. The number of Topliss-reactive ketones (excluding diaryl/α,β-unsaturated/α-hetero) is 1. The molecule has 172 valence electrons. The molecule has 2 unspecified atom stereocenters. The van der Waals surface area contributed by atoms with Gasteiger partial charge in [-0.3, -0.25) is 14.4 Å². The molecular weight excluding hydrogens is 441 g/mol. The molecule has 10 nitrogen and oxygen atoms in total. The zero-order chi connectivity index (χ0) is 23.5. The first kappa shape index (κ1) is 23.5. The summed E-state index contributed by atoms with van der Waals surface area (Å²) in [5, 5.41) is 4.98. The Hall–Kier alpha value is -3.12. The number of aromatic nitrogens is 2. The van der Waals surface area contributed by atoms with Crippen LogP contribution in [0.15, 0.2) is 41.7 Å². The van der Waals surface area contributed by atoms with E-state index in [4.69, 9.17) is 0 Å². The lowest BCUT2D eigenvalue weighted by molar-refractivity contribution is -0.140. The zero-order valence-electron chi connectivity index (χ0n) is 17.5. The molecule has 0 fully saturated rings. The monoisotopic (exact) mass is 465 g/mol. The Labute approximate surface area is 184 Å². The molecule has 2 bridgehead atoms. The molecule has 0 saturated heterocycles. The molecule has 32 heavy (non-hydrogen) atoms. The van der Waals surface area contributed by atoms with Crippen molar-refractivity contribution in [2.75, 3.05) is 6.54 Å². The van der Waals surface area contributed by atoms with Gasteiger partial charge in [-0.25, -0.2) is 17.8 Å². The van der Waals surface area contributed by atoms with E-state index in [1.165, 1.54) is 6.33 Å². The van der Waals surface area contributed by atoms with E-state index in [9.17, 15) is 27.2 Å². The number of sulfonamides is 1. The fourth-order valence-electron chi connectivity index (χ4n) is 3.19. The van der Waals surface area contributed by atoms with Crippen molar-refractivity contribution in [1.29, 1.82) is 0 Å². The average Bonchev–Trinajstić information content (AvgIpc) is 3.17. The molecular formula is C20H24FN5O5S. The number of benzene rings is 1. The van der Waals surface area contributed by atoms with Crippen LogP contribution in [0.5, 0.6) is 0 Å². The molecule has 2 amide bonds. The minimum Gasteiger partial charge on any atom is -0.349 e. The minimum atomic E-state index is -4.15. The largest absolute Gasteiger partial charge is 0.349 e. The fourth-order valence-corrected chi connectivity index (χ4v) is 4.54. The van der Waals surface area contributed by atoms with Crippen LogP contribution in [0, 0.1) is 11.7 Å². The SMILES string of the molecule is CC(C)C(NS(=O)(=O)c1ccc(F)cc1)C(=O)NC1Cn2cnc(c2)CCNC(=O)C1=O. The lowest BCUT2D eigenvalue weighted by atomic mass is 10.0. The molecule has 3 N–H and O–H groups in total. The number of rotatable bonds is 6. The Bertz CT molecular complexity index is 1110. The van der Waals surface area contributed by atoms with Gasteiger partial charge < -0.3 is 15.2 Å². The average molecular weight is 466 g/mol. The van der Waals surface area contributed by atoms with E-state index < -0.39 is 51.4 Å². The van der Waals surface area contributed by atoms with Crippen LogP contribution in [0.4, 0.5) is 4.39 Å². The molecule has 0 spiro atoms. The lowest BCUT2D eigenvalue weighted by Gasteiger charge is -2.25. The van der Waals surface area contributed by atoms with Gasteiger partial charge in [-0.2, -0.15) is 4.72 Å². The number of hydrogen-bond donors (Lipinski definition) is 3. The Kier molecular flexibility index (Phi) is 7.04. The molecule has 2 aromatic rings. The van der Waals surface area contributed by atoms with Gasteiger partial charge in [-0.1, -0.05) is 13.8 Å². The molecule has 1 aliphatic rings. The molecule has 0 saturated carbocycles. The van der Waals surface area contributed by atoms with Gasteiger partial charge in [0.25, 0.3) is 5.91 Å². The molecule has 1 aliphatic heterocycles. The van der Waals surface area contributed by atoms with Gasteiger partial charge in [0.15, 0.2) is 0 Å². The molecule has 0 aliphatic carbocycles. The number of imidazole rings is 1. The molecule has 1 aromatic heterocycles. The molecule has 2 atom stereocenters. The number of halogens is 1. The highest BCUT2D eigenvalue weighted by atomic mass is 32.2. The zero-order valence-corrected chi connectivity index (χ0v) is 18.4. The fraction of sp³-hybridized carbons (Fsp3) is 0.400. The number of amides is 2. The quantitative estimate of drug-likeness (QED) is 0.503. The third kappa shape index (κ3) is 5.56. The number of ketones is 1. The number of hydrogen-bond acceptors (Lipinski definition) is 6. The van der Waals surface area contributed by atoms with Crippen LogP contribution in [0.2, 0.25) is 0 Å². The van der Waals surface area contributed by atoms with Gasteiger partial charge in [0.2, 0.25) is 21.7 Å². The van der Waals surface area contributed by atoms with Crippen LogP contribution in [0.25, 0.3) is 0 Å². The summed E-state index contributed by atoms with van der Waals surface area (Å²) in [6.45, 7) is 3.43. The Morgan fingerprint density at radius 3 is 2.59 bits per heavy atom. The minimum absolute atomic E-state index is 0.0412. The maximum absolute atomic E-state index is 13.1. The van der Waals surface area contributed by atoms with Gasteiger partial charge in [0.1, 0.15) is 17.9 Å². The normalized spacial score (nSPS) is 18.2. The summed E-state index contributed by atoms with van der Waals surface area (Å²) in [6.07, 6.45) is 3.67. The summed E-state index contributed by atoms with van der Waals surface area (Å²) < 4.78 is 42.4. The first-order chi connectivity index (χ1) is 15.1. The van der Waals surface area contributed by atoms with Crippen molar-refractivity contribution < 1.29 is 27.2 Å². The van der Waals surface area contributed by atoms with Crippen LogP contribution in [-0.2, 0) is 37.4 Å². The highest BCUT2D eigenvalue weighted by Gasteiger charge is 2.33. The molecule has 0 radical (unpaired) electrons. The second-order valence-electron chi connectivity index (χ2n) is 7.79. The third-order valence-corrected chi connectivity index (χ3v) is 6.42. The molecule has 3 rings (SSSR count). The van der Waals surface area contributed by atoms with Crippen molar-refractivity contribution >= 4 is 27.6 Å². The van der Waals surface area contributed by atoms with Crippen molar-refractivity contribution in [3.8, 4) is 0 Å². The smallest absolute Gasteiger partial charge is 0.289 e. The Morgan fingerprint density at radius 2 is 1.94 bits per heavy atom. The molecule has 1 aromatic carbocycles. The first-order valence-corrected chi connectivity index (χ1v) is 11.5. The van der Waals surface area contributed by atoms with Gasteiger partial charge >= 0.3 is 0 Å². The standard InChI is InChI=1S/C20H24FN5O5S/c1-12(2)17(25-32(30,31)15-5-3-13(21)4-6-15)19(28)24-16-10-26-9-14(23-11-26)7-8-22-20(29)18(16)27/h3-6,9,11-12,16-17,25H,7-8,10H2,1-2H3,(H,22,29)(H,24,28). The summed E-state index contributed by atoms with van der Waals surface area (Å²) in [5.74, 6) is -3.55. The van der Waals surface area contributed by atoms with Crippen molar-refractivity contribution in [2.24, 2.45) is 5.92 Å². The lowest BCUT2D eigenvalue weighted by Crippen LogP contribution is -2.56. The van der Waals surface area contributed by atoms with Crippen LogP contribution in [0.1, 0.15) is 19.5 Å². The highest BCUT2D eigenvalue weighted by molar-refractivity contribution is 7.89. The van der Waals surface area contributed by atoms with E-state index in [-0.39, 0.29) is 18.0 Å². The summed E-state index contributed by atoms with van der Waals surface area (Å²) >= 11 is 0.